The fraction of sp³-hybridized carbons (Fsp3) is 0. The summed E-state index contributed by atoms with van der Waals surface area (Å²) >= 11 is 0.882. The first kappa shape index (κ1) is 19.0. The highest BCUT2D eigenvalue weighted by molar-refractivity contribution is 7.25. The molecule has 0 N–H and O–H groups in total. The fourth-order valence-electron chi connectivity index (χ4n) is 6.54. The summed E-state index contributed by atoms with van der Waals surface area (Å²) in [6.45, 7) is 0. The van der Waals surface area contributed by atoms with Crippen LogP contribution >= 0.6 is 11.3 Å². The van der Waals surface area contributed by atoms with E-state index in [0.717, 1.165) is 38.6 Å². The maximum atomic E-state index is 9.66. The van der Waals surface area contributed by atoms with Crippen molar-refractivity contribution in [2.24, 2.45) is 0 Å². The van der Waals surface area contributed by atoms with Crippen LogP contribution in [0.25, 0.3) is 75.1 Å². The Kier molecular flexibility index (Phi) is 4.35. The number of nitrogens with zero attached hydrogens (tertiary/aromatic N) is 1. The summed E-state index contributed by atoms with van der Waals surface area (Å²) in [5, 5.41) is 3.35. The van der Waals surface area contributed by atoms with E-state index < -0.39 is 54.4 Å². The van der Waals surface area contributed by atoms with Gasteiger partial charge in [0.2, 0.25) is 0 Å². The molecule has 2 heterocycles. The van der Waals surface area contributed by atoms with Crippen LogP contribution in [0.15, 0.2) is 180 Å². The highest BCUT2D eigenvalue weighted by atomic mass is 32.1. The van der Waals surface area contributed by atoms with E-state index in [2.05, 4.69) is 0 Å². The smallest absolute Gasteiger partial charge is 0.143 e. The van der Waals surface area contributed by atoms with E-state index in [0.29, 0.717) is 27.9 Å². The summed E-state index contributed by atoms with van der Waals surface area (Å²) in [6.07, 6.45) is 0. The molecule has 0 aliphatic heterocycles. The molecule has 0 unspecified atom stereocenters. The average Bonchev–Trinajstić information content (AvgIpc) is 3.87. The minimum atomic E-state index is -0.548. The van der Waals surface area contributed by atoms with Gasteiger partial charge in [0.1, 0.15) is 11.2 Å². The number of benzene rings is 8. The Bertz CT molecular complexity index is 3440. The van der Waals surface area contributed by atoms with Crippen LogP contribution in [0.5, 0.6) is 0 Å². The highest BCUT2D eigenvalue weighted by Gasteiger charge is 2.21. The summed E-state index contributed by atoms with van der Waals surface area (Å²) in [5.41, 5.74) is 3.22. The van der Waals surface area contributed by atoms with E-state index in [-0.39, 0.29) is 49.1 Å². The van der Waals surface area contributed by atoms with Crippen molar-refractivity contribution in [3.63, 3.8) is 0 Å². The lowest BCUT2D eigenvalue weighted by molar-refractivity contribution is 0.672. The molecule has 0 radical (unpaired) electrons. The second-order valence-electron chi connectivity index (χ2n) is 11.7. The fourth-order valence-corrected chi connectivity index (χ4v) is 7.45. The minimum Gasteiger partial charge on any atom is -0.455 e. The highest BCUT2D eigenvalue weighted by Crippen LogP contribution is 2.45. The van der Waals surface area contributed by atoms with Gasteiger partial charge >= 0.3 is 0 Å². The number of furan rings is 1. The zero-order chi connectivity index (χ0) is 41.9. The van der Waals surface area contributed by atoms with Gasteiger partial charge in [-0.15, -0.1) is 11.3 Å². The maximum Gasteiger partial charge on any atom is 0.143 e. The van der Waals surface area contributed by atoms with Gasteiger partial charge < -0.3 is 9.32 Å². The van der Waals surface area contributed by atoms with Gasteiger partial charge in [0, 0.05) is 42.3 Å². The van der Waals surface area contributed by atoms with Gasteiger partial charge in [0.05, 0.1) is 26.2 Å². The monoisotopic (exact) mass is 654 g/mol. The molecule has 230 valence electrons. The van der Waals surface area contributed by atoms with Gasteiger partial charge in [-0.2, -0.15) is 0 Å². The number of fused-ring (bicyclic) bond motifs is 8. The molecule has 0 spiro atoms. The Morgan fingerprint density at radius 1 is 0.510 bits per heavy atom. The second-order valence-corrected chi connectivity index (χ2v) is 12.7. The largest absolute Gasteiger partial charge is 0.455 e. The lowest BCUT2D eigenvalue weighted by atomic mass is 10.0. The predicted octanol–water partition coefficient (Wildman–Crippen LogP) is 13.9. The first-order valence-electron chi connectivity index (χ1n) is 21.2. The summed E-state index contributed by atoms with van der Waals surface area (Å²) < 4.78 is 106. The molecule has 0 aliphatic rings. The van der Waals surface area contributed by atoms with Gasteiger partial charge in [-0.25, -0.2) is 0 Å². The van der Waals surface area contributed by atoms with E-state index in [1.165, 1.54) is 0 Å². The molecule has 2 aromatic heterocycles. The molecule has 0 fully saturated rings. The molecule has 0 bridgehead atoms. The van der Waals surface area contributed by atoms with Crippen molar-refractivity contribution in [1.29, 1.82) is 0 Å². The Morgan fingerprint density at radius 2 is 1.29 bits per heavy atom. The molecular formula is C46H29NOS. The number of hydrogen-bond acceptors (Lipinski definition) is 3. The van der Waals surface area contributed by atoms with E-state index in [9.17, 15) is 6.85 Å². The van der Waals surface area contributed by atoms with Crippen LogP contribution in [-0.2, 0) is 0 Å². The summed E-state index contributed by atoms with van der Waals surface area (Å²) in [5.74, 6) is 0. The molecule has 10 aromatic rings. The van der Waals surface area contributed by atoms with Crippen LogP contribution in [0.2, 0.25) is 0 Å². The van der Waals surface area contributed by atoms with Crippen LogP contribution in [0.1, 0.15) is 15.1 Å². The van der Waals surface area contributed by atoms with Crippen LogP contribution in [0, 0.1) is 0 Å². The first-order chi connectivity index (χ1) is 28.9. The summed E-state index contributed by atoms with van der Waals surface area (Å²) in [7, 11) is 0. The van der Waals surface area contributed by atoms with E-state index in [1.54, 1.807) is 4.90 Å². The standard InChI is InChI=1S/C46H29NOS/c1-2-10-30(11-3-1)33-13-8-14-36(28-33)47(41-17-9-18-42-45(41)39-26-22-32-12-4-5-15-37(32)46(39)48-42)35-24-20-31(21-25-35)34-23-27-44-40(29-34)38-16-6-7-19-43(38)49-44/h1-29H/i6D,7D,16D,19D,20D,21D,23D,24D,25D,27D,29D. The van der Waals surface area contributed by atoms with Crippen molar-refractivity contribution in [2.45, 2.75) is 0 Å². The van der Waals surface area contributed by atoms with E-state index >= 15 is 0 Å². The van der Waals surface area contributed by atoms with Crippen molar-refractivity contribution in [1.82, 2.24) is 0 Å². The van der Waals surface area contributed by atoms with Crippen LogP contribution in [-0.4, -0.2) is 0 Å². The third-order valence-electron chi connectivity index (χ3n) is 8.79. The normalized spacial score (nSPS) is 14.8. The first-order valence-corrected chi connectivity index (χ1v) is 16.5. The van der Waals surface area contributed by atoms with Crippen LogP contribution in [0.3, 0.4) is 0 Å². The molecule has 0 atom stereocenters. The zero-order valence-corrected chi connectivity index (χ0v) is 26.5. The quantitative estimate of drug-likeness (QED) is 0.184. The Labute approximate surface area is 303 Å². The Hall–Kier alpha value is -6.16. The molecule has 2 nitrogen and oxygen atoms in total. The molecule has 49 heavy (non-hydrogen) atoms. The molecule has 0 amide bonds. The third-order valence-corrected chi connectivity index (χ3v) is 9.81. The molecule has 3 heteroatoms. The van der Waals surface area contributed by atoms with Gasteiger partial charge in [-0.05, 0) is 88.2 Å². The van der Waals surface area contributed by atoms with E-state index in [1.807, 2.05) is 109 Å². The lowest BCUT2D eigenvalue weighted by Gasteiger charge is -2.27. The van der Waals surface area contributed by atoms with E-state index in [4.69, 9.17) is 12.6 Å². The average molecular weight is 655 g/mol. The van der Waals surface area contributed by atoms with Crippen molar-refractivity contribution < 1.29 is 19.5 Å². The minimum absolute atomic E-state index is 0.00492. The Balaban J connectivity index is 1.28. The third kappa shape index (κ3) is 4.62. The van der Waals surface area contributed by atoms with Crippen LogP contribution in [0.4, 0.5) is 17.1 Å². The van der Waals surface area contributed by atoms with Crippen molar-refractivity contribution in [2.75, 3.05) is 4.90 Å². The topological polar surface area (TPSA) is 16.4 Å². The molecule has 0 aliphatic carbocycles. The molecule has 0 saturated heterocycles. The number of thiophene rings is 1. The van der Waals surface area contributed by atoms with Gasteiger partial charge in [0.25, 0.3) is 0 Å². The van der Waals surface area contributed by atoms with Crippen molar-refractivity contribution in [3.05, 3.63) is 176 Å². The molecule has 8 aromatic carbocycles. The lowest BCUT2D eigenvalue weighted by Crippen LogP contribution is -2.10. The number of hydrogen-bond donors (Lipinski definition) is 0. The summed E-state index contributed by atoms with van der Waals surface area (Å²) in [4.78, 5) is 1.69. The summed E-state index contributed by atoms with van der Waals surface area (Å²) in [6, 6.07) is 29.5. The maximum absolute atomic E-state index is 9.66. The number of rotatable bonds is 5. The molecular weight excluding hydrogens is 615 g/mol. The number of anilines is 3. The van der Waals surface area contributed by atoms with Gasteiger partial charge in [-0.1, -0.05) is 115 Å². The Morgan fingerprint density at radius 3 is 2.20 bits per heavy atom. The molecule has 10 rings (SSSR count). The SMILES string of the molecule is [2H]c1c([2H])c(N(c2cccc(-c3ccccc3)c2)c2cccc3oc4c5ccccc5ccc4c23)c([2H])c([2H])c1-c1c([2H])c([2H])c2sc3c([2H])c([2H])c([2H])c([2H])c3c2c1[2H]. The van der Waals surface area contributed by atoms with Gasteiger partial charge in [0.15, 0.2) is 0 Å². The predicted molar refractivity (Wildman–Crippen MR) is 210 cm³/mol. The van der Waals surface area contributed by atoms with Crippen LogP contribution < -0.4 is 4.90 Å². The second kappa shape index (κ2) is 11.2. The molecule has 0 saturated carbocycles. The van der Waals surface area contributed by atoms with Crippen molar-refractivity contribution >= 4 is 81.3 Å². The van der Waals surface area contributed by atoms with Gasteiger partial charge in [-0.3, -0.25) is 0 Å². The van der Waals surface area contributed by atoms with Crippen molar-refractivity contribution in [3.8, 4) is 22.3 Å². The zero-order valence-electron chi connectivity index (χ0n) is 36.7.